The van der Waals surface area contributed by atoms with Gasteiger partial charge in [-0.3, -0.25) is 43.9 Å². The van der Waals surface area contributed by atoms with Crippen LogP contribution in [-0.2, 0) is 32.6 Å². The van der Waals surface area contributed by atoms with Crippen LogP contribution in [0.5, 0.6) is 0 Å². The number of unbranched alkanes of at least 4 members (excludes halogenated alkanes) is 3. The lowest BCUT2D eigenvalue weighted by Crippen LogP contribution is -2.54. The van der Waals surface area contributed by atoms with Crippen LogP contribution in [0.1, 0.15) is 138 Å². The fourth-order valence-corrected chi connectivity index (χ4v) is 10.8. The molecule has 1 unspecified atom stereocenters. The molecule has 5 aliphatic rings. The van der Waals surface area contributed by atoms with Crippen LogP contribution in [0.4, 0.5) is 11.4 Å². The summed E-state index contributed by atoms with van der Waals surface area (Å²) in [5.74, 6) is -1.72. The maximum atomic E-state index is 14.1. The van der Waals surface area contributed by atoms with Gasteiger partial charge in [0.1, 0.15) is 6.04 Å². The van der Waals surface area contributed by atoms with Crippen LogP contribution in [0.15, 0.2) is 48.5 Å². The first-order valence-electron chi connectivity index (χ1n) is 22.8. The normalized spacial score (nSPS) is 20.2. The molecule has 3 aromatic carbocycles. The highest BCUT2D eigenvalue weighted by Crippen LogP contribution is 2.46. The second kappa shape index (κ2) is 16.9. The van der Waals surface area contributed by atoms with Crippen LogP contribution in [0.2, 0.25) is 0 Å². The molecule has 2 N–H and O–H groups in total. The van der Waals surface area contributed by atoms with Gasteiger partial charge in [-0.2, -0.15) is 0 Å². The minimum Gasteiger partial charge on any atom is -0.371 e. The number of amides is 5. The molecule has 326 valence electrons. The topological polar surface area (TPSA) is 148 Å². The Morgan fingerprint density at radius 2 is 1.59 bits per heavy atom. The summed E-state index contributed by atoms with van der Waals surface area (Å²) in [7, 11) is 0. The fraction of sp³-hybridized carbons (Fsp3) is 0.460. The molecule has 5 amide bonds. The van der Waals surface area contributed by atoms with Crippen molar-refractivity contribution in [3.63, 3.8) is 0 Å². The molecule has 3 saturated heterocycles. The van der Waals surface area contributed by atoms with Gasteiger partial charge in [-0.15, -0.1) is 0 Å². The third kappa shape index (κ3) is 7.52. The Morgan fingerprint density at radius 1 is 0.825 bits per heavy atom. The third-order valence-corrected chi connectivity index (χ3v) is 14.4. The number of piperidine rings is 2. The number of aryl methyl sites for hydroxylation is 2. The average molecular weight is 850 g/mol. The van der Waals surface area contributed by atoms with Crippen LogP contribution >= 0.6 is 0 Å². The number of fused-ring (bicyclic) bond motifs is 5. The summed E-state index contributed by atoms with van der Waals surface area (Å²) >= 11 is 0. The summed E-state index contributed by atoms with van der Waals surface area (Å²) in [4.78, 5) is 93.3. The van der Waals surface area contributed by atoms with Gasteiger partial charge >= 0.3 is 0 Å². The molecule has 0 bridgehead atoms. The zero-order chi connectivity index (χ0) is 44.2. The van der Waals surface area contributed by atoms with Crippen molar-refractivity contribution in [1.82, 2.24) is 25.0 Å². The second-order valence-electron chi connectivity index (χ2n) is 18.4. The van der Waals surface area contributed by atoms with Crippen LogP contribution in [0.25, 0.3) is 15.7 Å². The summed E-state index contributed by atoms with van der Waals surface area (Å²) in [6.07, 6.45) is 7.65. The number of nitrogens with zero attached hydrogens (tertiary/aromatic N) is 5. The highest BCUT2D eigenvalue weighted by atomic mass is 16.2. The van der Waals surface area contributed by atoms with Gasteiger partial charge in [-0.05, 0) is 85.9 Å². The average Bonchev–Trinajstić information content (AvgIpc) is 3.81. The first-order chi connectivity index (χ1) is 30.4. The molecule has 4 aromatic rings. The number of ketones is 1. The number of hydrogen-bond donors (Lipinski definition) is 2. The molecule has 9 rings (SSSR count). The molecule has 1 atom stereocenters. The summed E-state index contributed by atoms with van der Waals surface area (Å²) < 4.78 is 0. The summed E-state index contributed by atoms with van der Waals surface area (Å²) in [5.41, 5.74) is 8.27. The van der Waals surface area contributed by atoms with Gasteiger partial charge < -0.3 is 14.8 Å². The minimum atomic E-state index is -0.980. The number of carbonyl (C=O) groups excluding carboxylic acids is 6. The SMILES string of the molecule is [C-]#[N+]c1ccc2c3c([nH]c2c1)C(C)(C)c1cc(N2CCC(N4CCN(C(=O)CCCCCCc5cccc6c5C(=O)N(C5CCC(=O)NC5=O)C6=O)CC4)CC2)c(CC)cc1C3=O. The molecule has 13 heteroatoms. The summed E-state index contributed by atoms with van der Waals surface area (Å²) in [5, 5.41) is 3.12. The standard InChI is InChI=1S/C50H55N7O6/c1-5-30-27-36-37(50(2,3)46-44(45(36)60)34-16-15-32(51-4)28-38(34)52-46)29-40(30)55-21-19-33(20-22-55)54-23-25-56(26-24-54)42(59)14-9-7-6-8-11-31-12-10-13-35-43(31)49(63)57(48(35)62)39-17-18-41(58)53-47(39)61/h10,12-13,15-16,27-29,33,39,52H,5-9,11,14,17-26H2,1-3H3,(H,53,58,61). The van der Waals surface area contributed by atoms with Crippen molar-refractivity contribution >= 4 is 57.6 Å². The second-order valence-corrected chi connectivity index (χ2v) is 18.4. The number of aromatic amines is 1. The molecule has 1 aromatic heterocycles. The maximum Gasteiger partial charge on any atom is 0.262 e. The van der Waals surface area contributed by atoms with Gasteiger partial charge in [0, 0.05) is 91.4 Å². The summed E-state index contributed by atoms with van der Waals surface area (Å²) in [6.45, 7) is 19.1. The molecule has 1 aliphatic carbocycles. The molecular weight excluding hydrogens is 795 g/mol. The Bertz CT molecular complexity index is 2600. The third-order valence-electron chi connectivity index (χ3n) is 14.4. The predicted octanol–water partition coefficient (Wildman–Crippen LogP) is 6.86. The van der Waals surface area contributed by atoms with E-state index in [1.54, 1.807) is 18.2 Å². The summed E-state index contributed by atoms with van der Waals surface area (Å²) in [6, 6.07) is 14.7. The van der Waals surface area contributed by atoms with Gasteiger partial charge in [0.2, 0.25) is 17.7 Å². The van der Waals surface area contributed by atoms with Crippen molar-refractivity contribution in [3.05, 3.63) is 105 Å². The number of aromatic nitrogens is 1. The zero-order valence-corrected chi connectivity index (χ0v) is 36.5. The molecular formula is C50H55N7O6. The largest absolute Gasteiger partial charge is 0.371 e. The van der Waals surface area contributed by atoms with E-state index in [-0.39, 0.29) is 24.5 Å². The van der Waals surface area contributed by atoms with Crippen molar-refractivity contribution in [2.45, 2.75) is 109 Å². The lowest BCUT2D eigenvalue weighted by Gasteiger charge is -2.44. The Kier molecular flexibility index (Phi) is 11.3. The number of anilines is 1. The highest BCUT2D eigenvalue weighted by molar-refractivity contribution is 6.24. The number of piperazine rings is 1. The number of H-pyrrole nitrogens is 1. The zero-order valence-electron chi connectivity index (χ0n) is 36.5. The first-order valence-corrected chi connectivity index (χ1v) is 22.8. The smallest absolute Gasteiger partial charge is 0.262 e. The van der Waals surface area contributed by atoms with E-state index in [1.165, 1.54) is 11.3 Å². The molecule has 0 spiro atoms. The van der Waals surface area contributed by atoms with Gasteiger partial charge in [-0.1, -0.05) is 57.9 Å². The Morgan fingerprint density at radius 3 is 2.32 bits per heavy atom. The van der Waals surface area contributed by atoms with E-state index >= 15 is 0 Å². The number of nitrogens with one attached hydrogen (secondary N) is 2. The van der Waals surface area contributed by atoms with Gasteiger partial charge in [0.05, 0.1) is 23.3 Å². The highest BCUT2D eigenvalue weighted by Gasteiger charge is 2.46. The van der Waals surface area contributed by atoms with Crippen molar-refractivity contribution in [1.29, 1.82) is 0 Å². The molecule has 3 fully saturated rings. The van der Waals surface area contributed by atoms with E-state index < -0.39 is 35.1 Å². The monoisotopic (exact) mass is 849 g/mol. The number of rotatable bonds is 11. The van der Waals surface area contributed by atoms with E-state index in [9.17, 15) is 28.8 Å². The van der Waals surface area contributed by atoms with Crippen molar-refractivity contribution in [2.75, 3.05) is 44.2 Å². The first kappa shape index (κ1) is 42.2. The van der Waals surface area contributed by atoms with Crippen molar-refractivity contribution < 1.29 is 28.8 Å². The Balaban J connectivity index is 0.733. The van der Waals surface area contributed by atoms with Gasteiger partial charge in [0.25, 0.3) is 11.8 Å². The lowest BCUT2D eigenvalue weighted by atomic mass is 9.70. The van der Waals surface area contributed by atoms with Crippen molar-refractivity contribution in [3.8, 4) is 0 Å². The number of carbonyl (C=O) groups is 6. The van der Waals surface area contributed by atoms with E-state index in [0.29, 0.717) is 35.7 Å². The van der Waals surface area contributed by atoms with Crippen LogP contribution < -0.4 is 10.2 Å². The predicted molar refractivity (Wildman–Crippen MR) is 239 cm³/mol. The number of imide groups is 2. The van der Waals surface area contributed by atoms with Crippen LogP contribution in [-0.4, -0.2) is 106 Å². The molecule has 63 heavy (non-hydrogen) atoms. The quantitative estimate of drug-likeness (QED) is 0.0946. The fourth-order valence-electron chi connectivity index (χ4n) is 10.8. The molecule has 4 aliphatic heterocycles. The molecule has 5 heterocycles. The Hall–Kier alpha value is -6.13. The molecule has 0 radical (unpaired) electrons. The number of hydrogen-bond acceptors (Lipinski definition) is 8. The lowest BCUT2D eigenvalue weighted by molar-refractivity contribution is -0.136. The molecule has 13 nitrogen and oxygen atoms in total. The van der Waals surface area contributed by atoms with E-state index in [2.05, 4.69) is 57.8 Å². The molecule has 0 saturated carbocycles. The van der Waals surface area contributed by atoms with E-state index in [0.717, 1.165) is 128 Å². The Labute approximate surface area is 368 Å². The number of benzene rings is 3. The van der Waals surface area contributed by atoms with E-state index in [1.807, 2.05) is 23.1 Å². The van der Waals surface area contributed by atoms with Crippen LogP contribution in [0.3, 0.4) is 0 Å². The van der Waals surface area contributed by atoms with Crippen LogP contribution in [0, 0.1) is 6.57 Å². The minimum absolute atomic E-state index is 0.0456. The van der Waals surface area contributed by atoms with Crippen molar-refractivity contribution in [2.24, 2.45) is 0 Å². The van der Waals surface area contributed by atoms with E-state index in [4.69, 9.17) is 6.57 Å². The maximum absolute atomic E-state index is 14.1. The van der Waals surface area contributed by atoms with Gasteiger partial charge in [-0.25, -0.2) is 4.85 Å². The van der Waals surface area contributed by atoms with Gasteiger partial charge in [0.15, 0.2) is 11.5 Å².